The lowest BCUT2D eigenvalue weighted by atomic mass is 10.1. The number of rotatable bonds is 10. The Morgan fingerprint density at radius 3 is 2.63 bits per heavy atom. The third-order valence-corrected chi connectivity index (χ3v) is 2.78. The molecule has 0 atom stereocenters. The van der Waals surface area contributed by atoms with Gasteiger partial charge in [-0.25, -0.2) is 4.98 Å². The molecule has 0 unspecified atom stereocenters. The van der Waals surface area contributed by atoms with Gasteiger partial charge in [-0.3, -0.25) is 0 Å². The van der Waals surface area contributed by atoms with Crippen LogP contribution < -0.4 is 10.1 Å². The van der Waals surface area contributed by atoms with E-state index in [4.69, 9.17) is 4.74 Å². The summed E-state index contributed by atoms with van der Waals surface area (Å²) < 4.78 is 18.8. The monoisotopic (exact) mass is 269 g/mol. The molecule has 0 amide bonds. The summed E-state index contributed by atoms with van der Waals surface area (Å²) in [5.41, 5.74) is 0. The first-order chi connectivity index (χ1) is 9.27. The van der Waals surface area contributed by atoms with Crippen LogP contribution in [0.4, 0.5) is 10.3 Å². The predicted octanol–water partition coefficient (Wildman–Crippen LogP) is 3.79. The van der Waals surface area contributed by atoms with Gasteiger partial charge in [-0.1, -0.05) is 39.0 Å². The molecule has 0 aliphatic heterocycles. The standard InChI is InChI=1S/C14H24FN3O/c1-3-5-6-7-8-9-10-19-13-12(15)11-17-14(18-13)16-4-2/h11H,3-10H2,1-2H3,(H,16,17,18). The zero-order chi connectivity index (χ0) is 13.9. The molecular weight excluding hydrogens is 245 g/mol. The number of nitrogens with one attached hydrogen (secondary N) is 1. The van der Waals surface area contributed by atoms with E-state index in [-0.39, 0.29) is 5.88 Å². The van der Waals surface area contributed by atoms with Gasteiger partial charge in [-0.15, -0.1) is 0 Å². The first-order valence-corrected chi connectivity index (χ1v) is 7.17. The van der Waals surface area contributed by atoms with E-state index in [1.807, 2.05) is 6.92 Å². The van der Waals surface area contributed by atoms with Gasteiger partial charge in [0.05, 0.1) is 12.8 Å². The molecule has 5 heteroatoms. The Bertz CT molecular complexity index is 361. The summed E-state index contributed by atoms with van der Waals surface area (Å²) in [6, 6.07) is 0. The molecule has 4 nitrogen and oxygen atoms in total. The number of aromatic nitrogens is 2. The Labute approximate surface area is 114 Å². The molecule has 108 valence electrons. The fourth-order valence-electron chi connectivity index (χ4n) is 1.75. The van der Waals surface area contributed by atoms with E-state index in [0.717, 1.165) is 19.0 Å². The summed E-state index contributed by atoms with van der Waals surface area (Å²) in [4.78, 5) is 7.82. The lowest BCUT2D eigenvalue weighted by Crippen LogP contribution is -2.06. The predicted molar refractivity (Wildman–Crippen MR) is 75.0 cm³/mol. The van der Waals surface area contributed by atoms with Crippen LogP contribution in [0.5, 0.6) is 5.88 Å². The van der Waals surface area contributed by atoms with E-state index in [9.17, 15) is 4.39 Å². The van der Waals surface area contributed by atoms with Crippen molar-refractivity contribution in [1.82, 2.24) is 9.97 Å². The zero-order valence-electron chi connectivity index (χ0n) is 11.9. The second-order valence-electron chi connectivity index (χ2n) is 4.49. The van der Waals surface area contributed by atoms with Crippen molar-refractivity contribution in [3.8, 4) is 5.88 Å². The molecule has 1 rings (SSSR count). The maximum atomic E-state index is 13.4. The van der Waals surface area contributed by atoms with Crippen molar-refractivity contribution in [2.75, 3.05) is 18.5 Å². The topological polar surface area (TPSA) is 47.0 Å². The van der Waals surface area contributed by atoms with Crippen LogP contribution in [0.1, 0.15) is 52.4 Å². The zero-order valence-corrected chi connectivity index (χ0v) is 11.9. The van der Waals surface area contributed by atoms with Gasteiger partial charge in [0.1, 0.15) is 0 Å². The average molecular weight is 269 g/mol. The Balaban J connectivity index is 2.26. The quantitative estimate of drug-likeness (QED) is 0.656. The van der Waals surface area contributed by atoms with Gasteiger partial charge in [-0.05, 0) is 13.3 Å². The third-order valence-electron chi connectivity index (χ3n) is 2.78. The summed E-state index contributed by atoms with van der Waals surface area (Å²) in [6.45, 7) is 5.33. The van der Waals surface area contributed by atoms with E-state index < -0.39 is 5.82 Å². The fraction of sp³-hybridized carbons (Fsp3) is 0.714. The Hall–Kier alpha value is -1.39. The minimum absolute atomic E-state index is 0.0412. The van der Waals surface area contributed by atoms with Crippen LogP contribution in [0.15, 0.2) is 6.20 Å². The summed E-state index contributed by atoms with van der Waals surface area (Å²) in [7, 11) is 0. The highest BCUT2D eigenvalue weighted by atomic mass is 19.1. The molecule has 0 aliphatic rings. The highest BCUT2D eigenvalue weighted by Crippen LogP contribution is 2.15. The van der Waals surface area contributed by atoms with Gasteiger partial charge in [-0.2, -0.15) is 9.37 Å². The smallest absolute Gasteiger partial charge is 0.255 e. The van der Waals surface area contributed by atoms with Crippen LogP contribution in [0.3, 0.4) is 0 Å². The lowest BCUT2D eigenvalue weighted by Gasteiger charge is -2.08. The van der Waals surface area contributed by atoms with Crippen LogP contribution in [-0.4, -0.2) is 23.1 Å². The van der Waals surface area contributed by atoms with Crippen LogP contribution in [0.25, 0.3) is 0 Å². The van der Waals surface area contributed by atoms with Crippen molar-refractivity contribution in [3.63, 3.8) is 0 Å². The molecule has 0 saturated heterocycles. The lowest BCUT2D eigenvalue weighted by molar-refractivity contribution is 0.277. The number of unbranched alkanes of at least 4 members (excludes halogenated alkanes) is 5. The van der Waals surface area contributed by atoms with Crippen molar-refractivity contribution in [3.05, 3.63) is 12.0 Å². The highest BCUT2D eigenvalue weighted by Gasteiger charge is 2.07. The number of nitrogens with zero attached hydrogens (tertiary/aromatic N) is 2. The number of anilines is 1. The van der Waals surface area contributed by atoms with Gasteiger partial charge >= 0.3 is 0 Å². The number of hydrogen-bond donors (Lipinski definition) is 1. The van der Waals surface area contributed by atoms with Gasteiger partial charge < -0.3 is 10.1 Å². The molecule has 0 fully saturated rings. The summed E-state index contributed by atoms with van der Waals surface area (Å²) in [5, 5.41) is 2.93. The second-order valence-corrected chi connectivity index (χ2v) is 4.49. The largest absolute Gasteiger partial charge is 0.475 e. The molecule has 1 aromatic rings. The summed E-state index contributed by atoms with van der Waals surface area (Å²) in [6.07, 6.45) is 8.20. The van der Waals surface area contributed by atoms with Crippen molar-refractivity contribution in [2.24, 2.45) is 0 Å². The molecule has 1 N–H and O–H groups in total. The Morgan fingerprint density at radius 1 is 1.16 bits per heavy atom. The van der Waals surface area contributed by atoms with E-state index in [1.54, 1.807) is 0 Å². The summed E-state index contributed by atoms with van der Waals surface area (Å²) >= 11 is 0. The van der Waals surface area contributed by atoms with Crippen LogP contribution in [0, 0.1) is 5.82 Å². The van der Waals surface area contributed by atoms with Crippen LogP contribution in [-0.2, 0) is 0 Å². The van der Waals surface area contributed by atoms with Gasteiger partial charge in [0, 0.05) is 6.54 Å². The molecule has 0 aliphatic carbocycles. The first-order valence-electron chi connectivity index (χ1n) is 7.17. The molecule has 0 bridgehead atoms. The normalized spacial score (nSPS) is 10.5. The van der Waals surface area contributed by atoms with Gasteiger partial charge in [0.2, 0.25) is 11.8 Å². The molecule has 0 saturated carbocycles. The van der Waals surface area contributed by atoms with Crippen molar-refractivity contribution < 1.29 is 9.13 Å². The molecule has 19 heavy (non-hydrogen) atoms. The van der Waals surface area contributed by atoms with E-state index in [0.29, 0.717) is 19.1 Å². The Morgan fingerprint density at radius 2 is 1.89 bits per heavy atom. The van der Waals surface area contributed by atoms with Gasteiger partial charge in [0.15, 0.2) is 0 Å². The Kier molecular flexibility index (Phi) is 7.86. The van der Waals surface area contributed by atoms with Crippen molar-refractivity contribution in [1.29, 1.82) is 0 Å². The first kappa shape index (κ1) is 15.7. The SMILES string of the molecule is CCCCCCCCOc1nc(NCC)ncc1F. The molecule has 1 heterocycles. The third kappa shape index (κ3) is 6.36. The maximum absolute atomic E-state index is 13.4. The molecule has 0 radical (unpaired) electrons. The number of ether oxygens (including phenoxy) is 1. The average Bonchev–Trinajstić information content (AvgIpc) is 2.41. The molecule has 0 spiro atoms. The van der Waals surface area contributed by atoms with E-state index in [1.165, 1.54) is 25.7 Å². The van der Waals surface area contributed by atoms with Crippen molar-refractivity contribution in [2.45, 2.75) is 52.4 Å². The molecule has 1 aromatic heterocycles. The number of hydrogen-bond acceptors (Lipinski definition) is 4. The minimum Gasteiger partial charge on any atom is -0.475 e. The van der Waals surface area contributed by atoms with E-state index >= 15 is 0 Å². The number of halogens is 1. The minimum atomic E-state index is -0.507. The van der Waals surface area contributed by atoms with Crippen LogP contribution >= 0.6 is 0 Å². The summed E-state index contributed by atoms with van der Waals surface area (Å²) in [5.74, 6) is -0.0611. The van der Waals surface area contributed by atoms with Crippen molar-refractivity contribution >= 4 is 5.95 Å². The molecule has 0 aromatic carbocycles. The molecular formula is C14H24FN3O. The van der Waals surface area contributed by atoms with Gasteiger partial charge in [0.25, 0.3) is 5.88 Å². The fourth-order valence-corrected chi connectivity index (χ4v) is 1.75. The second kappa shape index (κ2) is 9.53. The van der Waals surface area contributed by atoms with Crippen LogP contribution in [0.2, 0.25) is 0 Å². The van der Waals surface area contributed by atoms with E-state index in [2.05, 4.69) is 22.2 Å². The highest BCUT2D eigenvalue weighted by molar-refractivity contribution is 5.27. The maximum Gasteiger partial charge on any atom is 0.255 e.